The number of Topliss-reactive ketones (excluding diaryl/α,β-unsaturated/α-hetero) is 1. The van der Waals surface area contributed by atoms with Gasteiger partial charge in [0.15, 0.2) is 5.78 Å². The van der Waals surface area contributed by atoms with Gasteiger partial charge in [0, 0.05) is 11.6 Å². The number of nitro groups is 1. The molecule has 0 N–H and O–H groups in total. The molecule has 25 heavy (non-hydrogen) atoms. The number of carbonyl (C=O) groups excluding carboxylic acids is 1. The normalized spacial score (nSPS) is 10.7. The lowest BCUT2D eigenvalue weighted by Gasteiger charge is -2.05. The lowest BCUT2D eigenvalue weighted by atomic mass is 10.1. The molecule has 4 nitrogen and oxygen atoms in total. The Morgan fingerprint density at radius 1 is 1.12 bits per heavy atom. The summed E-state index contributed by atoms with van der Waals surface area (Å²) >= 11 is 5.56. The van der Waals surface area contributed by atoms with Crippen LogP contribution in [0.25, 0.3) is 0 Å². The lowest BCUT2D eigenvalue weighted by molar-refractivity contribution is -0.387. The molecule has 0 heterocycles. The molecular weight excluding hydrogens is 373 g/mol. The van der Waals surface area contributed by atoms with Gasteiger partial charge in [-0.15, -0.1) is 0 Å². The number of hydrogen-bond donors (Lipinski definition) is 0. The molecule has 0 spiro atoms. The fourth-order valence-electron chi connectivity index (χ4n) is 1.60. The molecule has 0 aromatic heterocycles. The van der Waals surface area contributed by atoms with Crippen LogP contribution in [-0.2, 0) is 6.18 Å². The van der Waals surface area contributed by atoms with Crippen molar-refractivity contribution in [2.24, 2.45) is 0 Å². The Kier molecular flexibility index (Phi) is 6.57. The predicted molar refractivity (Wildman–Crippen MR) is 79.5 cm³/mol. The van der Waals surface area contributed by atoms with Gasteiger partial charge >= 0.3 is 11.9 Å². The molecule has 2 aromatic carbocycles. The highest BCUT2D eigenvalue weighted by Gasteiger charge is 2.33. The van der Waals surface area contributed by atoms with E-state index in [-0.39, 0.29) is 16.9 Å². The maximum Gasteiger partial charge on any atom is 0.416 e. The SMILES string of the molecule is CC(=O)c1ccc(F)cc1Cl.O=[N+]([O-])c1cc(C(F)(F)F)ccc1F. The van der Waals surface area contributed by atoms with Crippen LogP contribution in [0.2, 0.25) is 5.02 Å². The molecule has 2 rings (SSSR count). The van der Waals surface area contributed by atoms with E-state index in [2.05, 4.69) is 0 Å². The van der Waals surface area contributed by atoms with E-state index in [1.54, 1.807) is 0 Å². The van der Waals surface area contributed by atoms with Crippen molar-refractivity contribution in [2.75, 3.05) is 0 Å². The molecule has 0 atom stereocenters. The van der Waals surface area contributed by atoms with Crippen LogP contribution in [0.4, 0.5) is 27.6 Å². The number of carbonyl (C=O) groups is 1. The van der Waals surface area contributed by atoms with Crippen LogP contribution in [0.1, 0.15) is 22.8 Å². The van der Waals surface area contributed by atoms with Crippen molar-refractivity contribution in [3.63, 3.8) is 0 Å². The number of hydrogen-bond acceptors (Lipinski definition) is 3. The smallest absolute Gasteiger partial charge is 0.294 e. The summed E-state index contributed by atoms with van der Waals surface area (Å²) in [7, 11) is 0. The van der Waals surface area contributed by atoms with Crippen molar-refractivity contribution < 1.29 is 31.7 Å². The van der Waals surface area contributed by atoms with Gasteiger partial charge in [0.05, 0.1) is 15.5 Å². The van der Waals surface area contributed by atoms with Gasteiger partial charge in [0.1, 0.15) is 5.82 Å². The summed E-state index contributed by atoms with van der Waals surface area (Å²) in [6.45, 7) is 1.39. The average Bonchev–Trinajstić information content (AvgIpc) is 2.46. The molecule has 0 fully saturated rings. The van der Waals surface area contributed by atoms with Crippen molar-refractivity contribution in [3.05, 3.63) is 74.3 Å². The fraction of sp³-hybridized carbons (Fsp3) is 0.133. The Morgan fingerprint density at radius 3 is 2.16 bits per heavy atom. The van der Waals surface area contributed by atoms with Crippen molar-refractivity contribution in [1.29, 1.82) is 0 Å². The van der Waals surface area contributed by atoms with Crippen LogP contribution in [0.5, 0.6) is 0 Å². The highest BCUT2D eigenvalue weighted by molar-refractivity contribution is 6.33. The molecule has 0 amide bonds. The number of benzene rings is 2. The van der Waals surface area contributed by atoms with E-state index in [4.69, 9.17) is 11.6 Å². The topological polar surface area (TPSA) is 60.2 Å². The van der Waals surface area contributed by atoms with E-state index < -0.39 is 34.0 Å². The van der Waals surface area contributed by atoms with Crippen LogP contribution in [0.3, 0.4) is 0 Å². The van der Waals surface area contributed by atoms with Crippen LogP contribution >= 0.6 is 11.6 Å². The van der Waals surface area contributed by atoms with Gasteiger partial charge in [0.2, 0.25) is 5.82 Å². The number of rotatable bonds is 2. The van der Waals surface area contributed by atoms with Crippen LogP contribution in [0, 0.1) is 21.7 Å². The fourth-order valence-corrected chi connectivity index (χ4v) is 1.90. The Labute approximate surface area is 143 Å². The Bertz CT molecular complexity index is 808. The number of halogens is 6. The van der Waals surface area contributed by atoms with Crippen LogP contribution in [0.15, 0.2) is 36.4 Å². The third-order valence-corrected chi connectivity index (χ3v) is 3.09. The van der Waals surface area contributed by atoms with E-state index in [0.29, 0.717) is 17.7 Å². The Hall–Kier alpha value is -2.55. The zero-order chi connectivity index (χ0) is 19.4. The lowest BCUT2D eigenvalue weighted by Crippen LogP contribution is -2.06. The molecule has 10 heteroatoms. The highest BCUT2D eigenvalue weighted by Crippen LogP contribution is 2.32. The molecule has 0 saturated carbocycles. The molecule has 0 aliphatic rings. The Morgan fingerprint density at radius 2 is 1.72 bits per heavy atom. The number of ketones is 1. The zero-order valence-electron chi connectivity index (χ0n) is 12.4. The van der Waals surface area contributed by atoms with E-state index >= 15 is 0 Å². The first-order valence-electron chi connectivity index (χ1n) is 6.40. The molecule has 0 saturated heterocycles. The number of alkyl halides is 3. The van der Waals surface area contributed by atoms with E-state index in [0.717, 1.165) is 6.07 Å². The third kappa shape index (κ3) is 5.79. The summed E-state index contributed by atoms with van der Waals surface area (Å²) in [6.07, 6.45) is -4.71. The molecule has 0 aliphatic heterocycles. The minimum atomic E-state index is -4.71. The van der Waals surface area contributed by atoms with E-state index in [9.17, 15) is 36.9 Å². The number of nitro benzene ring substituents is 1. The summed E-state index contributed by atoms with van der Waals surface area (Å²) in [6, 6.07) is 4.74. The summed E-state index contributed by atoms with van der Waals surface area (Å²) in [4.78, 5) is 19.7. The van der Waals surface area contributed by atoms with Crippen LogP contribution < -0.4 is 0 Å². The highest BCUT2D eigenvalue weighted by atomic mass is 35.5. The molecule has 0 bridgehead atoms. The summed E-state index contributed by atoms with van der Waals surface area (Å²) < 4.78 is 61.1. The molecule has 0 radical (unpaired) electrons. The van der Waals surface area contributed by atoms with Crippen molar-refractivity contribution in [3.8, 4) is 0 Å². The molecular formula is C15H9ClF5NO3. The largest absolute Gasteiger partial charge is 0.416 e. The van der Waals surface area contributed by atoms with Gasteiger partial charge in [-0.2, -0.15) is 17.6 Å². The maximum absolute atomic E-state index is 12.6. The zero-order valence-corrected chi connectivity index (χ0v) is 13.2. The van der Waals surface area contributed by atoms with E-state index in [1.165, 1.54) is 19.1 Å². The minimum Gasteiger partial charge on any atom is -0.294 e. The maximum atomic E-state index is 12.6. The molecule has 0 aliphatic carbocycles. The molecule has 2 aromatic rings. The standard InChI is InChI=1S/C8H6ClFO.C7H3F4NO2/c1-5(11)7-3-2-6(10)4-8(7)9;8-5-2-1-4(7(9,10)11)3-6(5)12(13)14/h2-4H,1H3;1-3H. The van der Waals surface area contributed by atoms with Gasteiger partial charge in [0.25, 0.3) is 0 Å². The van der Waals surface area contributed by atoms with E-state index in [1.807, 2.05) is 0 Å². The van der Waals surface area contributed by atoms with Gasteiger partial charge in [-0.3, -0.25) is 14.9 Å². The second kappa shape index (κ2) is 8.02. The van der Waals surface area contributed by atoms with Gasteiger partial charge < -0.3 is 0 Å². The average molecular weight is 382 g/mol. The summed E-state index contributed by atoms with van der Waals surface area (Å²) in [5.74, 6) is -1.88. The first-order chi connectivity index (χ1) is 11.4. The van der Waals surface area contributed by atoms with Crippen molar-refractivity contribution >= 4 is 23.1 Å². The third-order valence-electron chi connectivity index (χ3n) is 2.78. The van der Waals surface area contributed by atoms with Gasteiger partial charge in [-0.05, 0) is 37.3 Å². The first kappa shape index (κ1) is 20.5. The monoisotopic (exact) mass is 381 g/mol. The summed E-state index contributed by atoms with van der Waals surface area (Å²) in [5, 5.41) is 10.3. The second-order valence-electron chi connectivity index (χ2n) is 4.60. The Balaban J connectivity index is 0.000000257. The minimum absolute atomic E-state index is 0.157. The van der Waals surface area contributed by atoms with Crippen LogP contribution in [-0.4, -0.2) is 10.7 Å². The molecule has 134 valence electrons. The van der Waals surface area contributed by atoms with Gasteiger partial charge in [-0.1, -0.05) is 11.6 Å². The second-order valence-corrected chi connectivity index (χ2v) is 5.01. The van der Waals surface area contributed by atoms with Gasteiger partial charge in [-0.25, -0.2) is 4.39 Å². The summed E-state index contributed by atoms with van der Waals surface area (Å²) in [5.41, 5.74) is -2.07. The predicted octanol–water partition coefficient (Wildman–Crippen LogP) is 5.43. The quantitative estimate of drug-likeness (QED) is 0.301. The molecule has 0 unspecified atom stereocenters. The van der Waals surface area contributed by atoms with Crippen molar-refractivity contribution in [1.82, 2.24) is 0 Å². The first-order valence-corrected chi connectivity index (χ1v) is 6.78. The van der Waals surface area contributed by atoms with Crippen molar-refractivity contribution in [2.45, 2.75) is 13.1 Å². The number of nitrogens with zero attached hydrogens (tertiary/aromatic N) is 1.